The van der Waals surface area contributed by atoms with Gasteiger partial charge in [0.2, 0.25) is 5.91 Å². The zero-order chi connectivity index (χ0) is 16.9. The normalized spacial score (nSPS) is 22.2. The Kier molecular flexibility index (Phi) is 5.63. The molecule has 1 amide bonds. The Bertz CT molecular complexity index is 681. The first kappa shape index (κ1) is 17.1. The van der Waals surface area contributed by atoms with E-state index < -0.39 is 0 Å². The lowest BCUT2D eigenvalue weighted by molar-refractivity contribution is -0.116. The highest BCUT2D eigenvalue weighted by atomic mass is 32.1. The average molecular weight is 343 g/mol. The van der Waals surface area contributed by atoms with Gasteiger partial charge >= 0.3 is 0 Å². The number of thiazole rings is 1. The summed E-state index contributed by atoms with van der Waals surface area (Å²) >= 11 is 1.60. The van der Waals surface area contributed by atoms with E-state index in [9.17, 15) is 4.79 Å². The topological polar surface area (TPSA) is 45.2 Å². The molecule has 0 spiro atoms. The van der Waals surface area contributed by atoms with E-state index >= 15 is 0 Å². The smallest absolute Gasteiger partial charge is 0.244 e. The second-order valence-electron chi connectivity index (χ2n) is 6.85. The number of benzene rings is 1. The van der Waals surface area contributed by atoms with Gasteiger partial charge < -0.3 is 10.2 Å². The van der Waals surface area contributed by atoms with Crippen molar-refractivity contribution in [3.8, 4) is 0 Å². The van der Waals surface area contributed by atoms with Crippen LogP contribution in [0.15, 0.2) is 30.3 Å². The molecule has 0 radical (unpaired) electrons. The van der Waals surface area contributed by atoms with Crippen molar-refractivity contribution in [2.45, 2.75) is 20.3 Å². The zero-order valence-corrected chi connectivity index (χ0v) is 15.2. The molecule has 0 saturated carbocycles. The third-order valence-corrected chi connectivity index (χ3v) is 5.36. The molecule has 1 aromatic carbocycles. The number of carbonyl (C=O) groups is 1. The molecule has 2 heterocycles. The molecule has 3 rings (SSSR count). The molecule has 1 aromatic heterocycles. The van der Waals surface area contributed by atoms with Crippen LogP contribution in [0.3, 0.4) is 0 Å². The van der Waals surface area contributed by atoms with Crippen molar-refractivity contribution in [1.82, 2.24) is 15.2 Å². The van der Waals surface area contributed by atoms with E-state index in [1.807, 2.05) is 24.3 Å². The molecule has 2 unspecified atom stereocenters. The van der Waals surface area contributed by atoms with Gasteiger partial charge in [-0.1, -0.05) is 26.0 Å². The van der Waals surface area contributed by atoms with Gasteiger partial charge in [-0.2, -0.15) is 0 Å². The highest BCUT2D eigenvalue weighted by Crippen LogP contribution is 2.22. The van der Waals surface area contributed by atoms with E-state index in [2.05, 4.69) is 29.0 Å². The molecule has 128 valence electrons. The molecular formula is C19H25N3OS. The number of carbonyl (C=O) groups excluding carboxylic acids is 1. The molecule has 2 atom stereocenters. The van der Waals surface area contributed by atoms with Crippen LogP contribution in [0, 0.1) is 11.8 Å². The first-order chi connectivity index (χ1) is 11.6. The highest BCUT2D eigenvalue weighted by Gasteiger charge is 2.21. The quantitative estimate of drug-likeness (QED) is 0.846. The number of piperidine rings is 1. The van der Waals surface area contributed by atoms with E-state index in [0.717, 1.165) is 46.7 Å². The summed E-state index contributed by atoms with van der Waals surface area (Å²) in [6.07, 6.45) is 4.69. The third-order valence-electron chi connectivity index (χ3n) is 4.36. The molecule has 5 heteroatoms. The van der Waals surface area contributed by atoms with Crippen molar-refractivity contribution in [3.63, 3.8) is 0 Å². The van der Waals surface area contributed by atoms with Gasteiger partial charge in [-0.05, 0) is 36.5 Å². The van der Waals surface area contributed by atoms with Crippen LogP contribution in [0.5, 0.6) is 0 Å². The molecule has 1 saturated heterocycles. The summed E-state index contributed by atoms with van der Waals surface area (Å²) in [4.78, 5) is 18.9. The standard InChI is InChI=1S/C19H25N3OS/c1-14-11-15(2)13-22(12-14)10-9-20-18(23)7-8-19-21-16-5-3-4-6-17(16)24-19/h3-8,14-15H,9-13H2,1-2H3,(H,20,23)/b8-7+. The fourth-order valence-corrected chi connectivity index (χ4v) is 4.35. The molecule has 1 aliphatic rings. The predicted molar refractivity (Wildman–Crippen MR) is 101 cm³/mol. The molecule has 24 heavy (non-hydrogen) atoms. The highest BCUT2D eigenvalue weighted by molar-refractivity contribution is 7.19. The van der Waals surface area contributed by atoms with Crippen LogP contribution in [-0.4, -0.2) is 42.0 Å². The van der Waals surface area contributed by atoms with Crippen molar-refractivity contribution < 1.29 is 4.79 Å². The predicted octanol–water partition coefficient (Wildman–Crippen LogP) is 3.40. The molecular weight excluding hydrogens is 318 g/mol. The van der Waals surface area contributed by atoms with Gasteiger partial charge in [0.05, 0.1) is 10.2 Å². The number of likely N-dealkylation sites (tertiary alicyclic amines) is 1. The Morgan fingerprint density at radius 3 is 2.83 bits per heavy atom. The van der Waals surface area contributed by atoms with Crippen LogP contribution in [0.2, 0.25) is 0 Å². The van der Waals surface area contributed by atoms with Crippen LogP contribution in [0.4, 0.5) is 0 Å². The number of fused-ring (bicyclic) bond motifs is 1. The average Bonchev–Trinajstić information content (AvgIpc) is 2.95. The van der Waals surface area contributed by atoms with Gasteiger partial charge in [-0.15, -0.1) is 11.3 Å². The number of hydrogen-bond acceptors (Lipinski definition) is 4. The minimum Gasteiger partial charge on any atom is -0.351 e. The fraction of sp³-hybridized carbons (Fsp3) is 0.474. The fourth-order valence-electron chi connectivity index (χ4n) is 3.48. The number of amides is 1. The van der Waals surface area contributed by atoms with Crippen LogP contribution < -0.4 is 5.32 Å². The van der Waals surface area contributed by atoms with Crippen LogP contribution in [-0.2, 0) is 4.79 Å². The first-order valence-corrected chi connectivity index (χ1v) is 9.45. The van der Waals surface area contributed by atoms with Gasteiger partial charge in [0.1, 0.15) is 5.01 Å². The molecule has 1 fully saturated rings. The Labute approximate surface area is 147 Å². The Hall–Kier alpha value is -1.72. The summed E-state index contributed by atoms with van der Waals surface area (Å²) in [6.45, 7) is 8.52. The molecule has 4 nitrogen and oxygen atoms in total. The first-order valence-electron chi connectivity index (χ1n) is 8.64. The summed E-state index contributed by atoms with van der Waals surface area (Å²) in [5.74, 6) is 1.46. The van der Waals surface area contributed by atoms with E-state index in [1.54, 1.807) is 23.5 Å². The summed E-state index contributed by atoms with van der Waals surface area (Å²) in [5, 5.41) is 3.84. The molecule has 0 aliphatic carbocycles. The second-order valence-corrected chi connectivity index (χ2v) is 7.91. The van der Waals surface area contributed by atoms with Gasteiger partial charge in [0.15, 0.2) is 0 Å². The molecule has 2 aromatic rings. The SMILES string of the molecule is CC1CC(C)CN(CCNC(=O)/C=C/c2nc3ccccc3s2)C1. The van der Waals surface area contributed by atoms with E-state index in [0.29, 0.717) is 6.54 Å². The van der Waals surface area contributed by atoms with Crippen molar-refractivity contribution in [2.75, 3.05) is 26.2 Å². The summed E-state index contributed by atoms with van der Waals surface area (Å²) in [6, 6.07) is 8.02. The number of hydrogen-bond donors (Lipinski definition) is 1. The van der Waals surface area contributed by atoms with Crippen LogP contribution >= 0.6 is 11.3 Å². The maximum Gasteiger partial charge on any atom is 0.244 e. The van der Waals surface area contributed by atoms with Crippen molar-refractivity contribution in [1.29, 1.82) is 0 Å². The number of aromatic nitrogens is 1. The Balaban J connectivity index is 1.45. The van der Waals surface area contributed by atoms with Crippen molar-refractivity contribution in [2.24, 2.45) is 11.8 Å². The lowest BCUT2D eigenvalue weighted by atomic mass is 9.92. The maximum atomic E-state index is 12.0. The third kappa shape index (κ3) is 4.65. The maximum absolute atomic E-state index is 12.0. The molecule has 0 bridgehead atoms. The lowest BCUT2D eigenvalue weighted by Crippen LogP contribution is -2.42. The van der Waals surface area contributed by atoms with E-state index in [1.165, 1.54) is 6.42 Å². The zero-order valence-electron chi connectivity index (χ0n) is 14.4. The Morgan fingerprint density at radius 2 is 2.08 bits per heavy atom. The summed E-state index contributed by atoms with van der Waals surface area (Å²) in [7, 11) is 0. The number of rotatable bonds is 5. The van der Waals surface area contributed by atoms with Crippen molar-refractivity contribution in [3.05, 3.63) is 35.3 Å². The minimum absolute atomic E-state index is 0.0487. The van der Waals surface area contributed by atoms with Crippen LogP contribution in [0.1, 0.15) is 25.3 Å². The lowest BCUT2D eigenvalue weighted by Gasteiger charge is -2.34. The van der Waals surface area contributed by atoms with Crippen molar-refractivity contribution >= 4 is 33.5 Å². The largest absolute Gasteiger partial charge is 0.351 e. The number of nitrogens with one attached hydrogen (secondary N) is 1. The van der Waals surface area contributed by atoms with Gasteiger partial charge in [0.25, 0.3) is 0 Å². The summed E-state index contributed by atoms with van der Waals surface area (Å²) < 4.78 is 1.14. The monoisotopic (exact) mass is 343 g/mol. The van der Waals surface area contributed by atoms with E-state index in [4.69, 9.17) is 0 Å². The van der Waals surface area contributed by atoms with E-state index in [-0.39, 0.29) is 5.91 Å². The van der Waals surface area contributed by atoms with Gasteiger partial charge in [0, 0.05) is 32.3 Å². The molecule has 1 N–H and O–H groups in total. The number of para-hydroxylation sites is 1. The second kappa shape index (κ2) is 7.90. The van der Waals surface area contributed by atoms with Gasteiger partial charge in [-0.25, -0.2) is 4.98 Å². The van der Waals surface area contributed by atoms with Gasteiger partial charge in [-0.3, -0.25) is 4.79 Å². The van der Waals surface area contributed by atoms with Crippen LogP contribution in [0.25, 0.3) is 16.3 Å². The molecule has 1 aliphatic heterocycles. The minimum atomic E-state index is -0.0487. The Morgan fingerprint density at radius 1 is 1.33 bits per heavy atom. The summed E-state index contributed by atoms with van der Waals surface area (Å²) in [5.41, 5.74) is 0.982. The number of nitrogens with zero attached hydrogens (tertiary/aromatic N) is 2.